The lowest BCUT2D eigenvalue weighted by Gasteiger charge is -2.67. The molecule has 1 amide bonds. The molecule has 5 unspecified atom stereocenters. The van der Waals surface area contributed by atoms with Crippen LogP contribution in [0.3, 0.4) is 0 Å². The van der Waals surface area contributed by atoms with Gasteiger partial charge in [0.25, 0.3) is 5.91 Å². The Kier molecular flexibility index (Phi) is 14.0. The van der Waals surface area contributed by atoms with Crippen molar-refractivity contribution >= 4 is 47.5 Å². The van der Waals surface area contributed by atoms with Crippen LogP contribution in [0.4, 0.5) is 0 Å². The maximum atomic E-state index is 15.7. The number of hydrogen-bond donors (Lipinski definition) is 4. The van der Waals surface area contributed by atoms with Crippen molar-refractivity contribution in [2.75, 3.05) is 6.61 Å². The fourth-order valence-corrected chi connectivity index (χ4v) is 10.7. The van der Waals surface area contributed by atoms with Crippen LogP contribution in [0, 0.1) is 16.7 Å². The number of aliphatic carboxylic acids is 1. The molecule has 4 N–H and O–H groups in total. The lowest BCUT2D eigenvalue weighted by molar-refractivity contribution is -0.346. The standard InChI is InChI=1S/C51H55NO17/c1-27-33(66-47(62)41(67-37(58)23-22-36(56)57)39(30-16-10-7-11-17-30)52-45(60)31-18-12-8-13-19-31)25-51(63)44(68-46(61)32-20-14-9-15-21-32)42-49(6,34(55)24-35-50(42,26-64-35)69-29(3)54)43(59)40(65-28(2)53)38(27)48(51,4)5/h7-21,33-35,39-42,44,55,63H,22-26H2,1-6H3,(H,52,60)(H,56,57)/t33?,34-,35?,39?,40+,41+,42?,44?,49+,50+,51+/m0/s1. The molecule has 4 aliphatic rings. The third kappa shape index (κ3) is 9.15. The Hall–Kier alpha value is -6.76. The quantitative estimate of drug-likeness (QED) is 0.100. The van der Waals surface area contributed by atoms with E-state index in [0.717, 1.165) is 13.8 Å². The summed E-state index contributed by atoms with van der Waals surface area (Å²) in [5.74, 6) is -9.78. The summed E-state index contributed by atoms with van der Waals surface area (Å²) in [4.78, 5) is 110. The van der Waals surface area contributed by atoms with E-state index in [1.165, 1.54) is 52.0 Å². The first-order valence-corrected chi connectivity index (χ1v) is 22.5. The Balaban J connectivity index is 1.42. The van der Waals surface area contributed by atoms with Crippen molar-refractivity contribution in [3.63, 3.8) is 0 Å². The fraction of sp³-hybridized carbons (Fsp3) is 0.451. The van der Waals surface area contributed by atoms with Crippen LogP contribution in [0.25, 0.3) is 0 Å². The van der Waals surface area contributed by atoms with Crippen molar-refractivity contribution in [3.8, 4) is 0 Å². The molecule has 0 spiro atoms. The summed E-state index contributed by atoms with van der Waals surface area (Å²) in [5.41, 5.74) is -7.77. The number of nitrogens with one attached hydrogen (secondary N) is 1. The average molecular weight is 954 g/mol. The van der Waals surface area contributed by atoms with Crippen molar-refractivity contribution < 1.29 is 82.1 Å². The molecule has 7 rings (SSSR count). The zero-order valence-electron chi connectivity index (χ0n) is 38.9. The van der Waals surface area contributed by atoms with Gasteiger partial charge in [-0.1, -0.05) is 80.6 Å². The van der Waals surface area contributed by atoms with Gasteiger partial charge >= 0.3 is 35.8 Å². The van der Waals surface area contributed by atoms with Crippen LogP contribution in [0.1, 0.15) is 99.5 Å². The molecule has 3 fully saturated rings. The number of aliphatic hydroxyl groups excluding tert-OH is 1. The van der Waals surface area contributed by atoms with E-state index in [9.17, 15) is 44.1 Å². The molecule has 3 aliphatic carbocycles. The first-order valence-electron chi connectivity index (χ1n) is 22.5. The SMILES string of the molecule is CC(=O)O[C@H]1C(=O)[C@@]2(C)C(C(OC(=O)c3ccccc3)[C@]3(O)CC(OC(=O)[C@H](OC(=O)CCC(=O)O)C(NC(=O)c4ccccc4)c4ccccc4)C(C)=C1C3(C)C)[C@@]1(OC(C)=O)COC1C[C@@H]2O. The zero-order chi connectivity index (χ0) is 50.2. The topological polar surface area (TPSA) is 265 Å². The number of esters is 5. The summed E-state index contributed by atoms with van der Waals surface area (Å²) < 4.78 is 36.3. The molecule has 366 valence electrons. The van der Waals surface area contributed by atoms with Crippen molar-refractivity contribution in [1.82, 2.24) is 5.32 Å². The molecule has 11 atom stereocenters. The third-order valence-corrected chi connectivity index (χ3v) is 14.3. The van der Waals surface area contributed by atoms with Gasteiger partial charge in [-0.05, 0) is 54.8 Å². The molecule has 69 heavy (non-hydrogen) atoms. The number of carboxylic acids is 1. The van der Waals surface area contributed by atoms with Crippen molar-refractivity contribution in [1.29, 1.82) is 0 Å². The lowest BCUT2D eigenvalue weighted by atomic mass is 9.44. The predicted octanol–water partition coefficient (Wildman–Crippen LogP) is 4.15. The largest absolute Gasteiger partial charge is 0.481 e. The number of amides is 1. The zero-order valence-corrected chi connectivity index (χ0v) is 38.9. The van der Waals surface area contributed by atoms with Crippen LogP contribution in [-0.2, 0) is 57.2 Å². The number of hydrogen-bond acceptors (Lipinski definition) is 16. The van der Waals surface area contributed by atoms with Crippen LogP contribution in [0.2, 0.25) is 0 Å². The van der Waals surface area contributed by atoms with Crippen molar-refractivity contribution in [2.24, 2.45) is 16.7 Å². The van der Waals surface area contributed by atoms with E-state index in [1.54, 1.807) is 66.7 Å². The molecule has 1 saturated heterocycles. The number of Topliss-reactive ketones (excluding diaryl/α,β-unsaturated/α-hetero) is 1. The number of carbonyl (C=O) groups is 8. The average Bonchev–Trinajstić information content (AvgIpc) is 3.30. The molecule has 18 nitrogen and oxygen atoms in total. The highest BCUT2D eigenvalue weighted by Gasteiger charge is 2.78. The highest BCUT2D eigenvalue weighted by Crippen LogP contribution is 2.64. The van der Waals surface area contributed by atoms with E-state index in [1.807, 2.05) is 0 Å². The summed E-state index contributed by atoms with van der Waals surface area (Å²) in [5, 5.41) is 38.2. The van der Waals surface area contributed by atoms with Crippen LogP contribution < -0.4 is 5.32 Å². The number of rotatable bonds is 14. The highest BCUT2D eigenvalue weighted by atomic mass is 16.6. The Bertz CT molecular complexity index is 2550. The maximum absolute atomic E-state index is 15.7. The van der Waals surface area contributed by atoms with Gasteiger partial charge < -0.3 is 49.1 Å². The molecule has 2 saturated carbocycles. The molecule has 3 aromatic rings. The molecule has 3 aromatic carbocycles. The number of ether oxygens (including phenoxy) is 6. The van der Waals surface area contributed by atoms with Crippen molar-refractivity contribution in [2.45, 2.75) is 121 Å². The summed E-state index contributed by atoms with van der Waals surface area (Å²) in [6, 6.07) is 22.1. The molecular formula is C51H55NO17. The number of fused-ring (bicyclic) bond motifs is 5. The smallest absolute Gasteiger partial charge is 0.350 e. The fourth-order valence-electron chi connectivity index (χ4n) is 10.7. The number of carboxylic acid groups (broad SMARTS) is 1. The second-order valence-electron chi connectivity index (χ2n) is 18.7. The summed E-state index contributed by atoms with van der Waals surface area (Å²) in [7, 11) is 0. The normalized spacial score (nSPS) is 29.7. The minimum absolute atomic E-state index is 0.0221. The van der Waals surface area contributed by atoms with Crippen LogP contribution in [-0.4, -0.2) is 117 Å². The van der Waals surface area contributed by atoms with Crippen LogP contribution in [0.15, 0.2) is 102 Å². The third-order valence-electron chi connectivity index (χ3n) is 14.3. The van der Waals surface area contributed by atoms with E-state index in [2.05, 4.69) is 5.32 Å². The lowest BCUT2D eigenvalue weighted by Crippen LogP contribution is -2.82. The summed E-state index contributed by atoms with van der Waals surface area (Å²) in [6.45, 7) is 7.68. The Morgan fingerprint density at radius 1 is 0.812 bits per heavy atom. The maximum Gasteiger partial charge on any atom is 0.350 e. The molecule has 1 aliphatic heterocycles. The minimum atomic E-state index is -2.50. The van der Waals surface area contributed by atoms with Gasteiger partial charge in [-0.2, -0.15) is 0 Å². The molecule has 1 heterocycles. The molecule has 18 heteroatoms. The van der Waals surface area contributed by atoms with Crippen molar-refractivity contribution in [3.05, 3.63) is 119 Å². The van der Waals surface area contributed by atoms with Gasteiger partial charge in [0.2, 0.25) is 6.10 Å². The Labute approximate surface area is 397 Å². The van der Waals surface area contributed by atoms with E-state index < -0.39 is 137 Å². The Morgan fingerprint density at radius 2 is 1.41 bits per heavy atom. The van der Waals surface area contributed by atoms with E-state index in [4.69, 9.17) is 28.4 Å². The van der Waals surface area contributed by atoms with E-state index >= 15 is 9.59 Å². The minimum Gasteiger partial charge on any atom is -0.481 e. The predicted molar refractivity (Wildman–Crippen MR) is 238 cm³/mol. The van der Waals surface area contributed by atoms with Gasteiger partial charge in [-0.3, -0.25) is 28.8 Å². The Morgan fingerprint density at radius 3 is 1.96 bits per heavy atom. The van der Waals surface area contributed by atoms with Gasteiger partial charge in [-0.15, -0.1) is 0 Å². The monoisotopic (exact) mass is 953 g/mol. The van der Waals surface area contributed by atoms with Gasteiger partial charge in [0.15, 0.2) is 17.5 Å². The first-order chi connectivity index (χ1) is 32.6. The molecule has 0 aromatic heterocycles. The first kappa shape index (κ1) is 50.1. The second kappa shape index (κ2) is 19.3. The van der Waals surface area contributed by atoms with Crippen LogP contribution >= 0.6 is 0 Å². The van der Waals surface area contributed by atoms with Gasteiger partial charge in [0, 0.05) is 37.7 Å². The number of carbonyl (C=O) groups excluding carboxylic acids is 7. The van der Waals surface area contributed by atoms with Crippen LogP contribution in [0.5, 0.6) is 0 Å². The molecule has 0 radical (unpaired) electrons. The summed E-state index contributed by atoms with van der Waals surface area (Å²) >= 11 is 0. The molecular weight excluding hydrogens is 899 g/mol. The van der Waals surface area contributed by atoms with Gasteiger partial charge in [0.05, 0.1) is 42.4 Å². The van der Waals surface area contributed by atoms with E-state index in [-0.39, 0.29) is 40.9 Å². The van der Waals surface area contributed by atoms with Gasteiger partial charge in [-0.25, -0.2) is 9.59 Å². The number of aliphatic hydroxyl groups is 2. The highest BCUT2D eigenvalue weighted by molar-refractivity contribution is 5.96. The molecule has 2 bridgehead atoms. The second-order valence-corrected chi connectivity index (χ2v) is 18.7. The summed E-state index contributed by atoms with van der Waals surface area (Å²) in [6.07, 6.45) is -12.5. The van der Waals surface area contributed by atoms with Gasteiger partial charge in [0.1, 0.15) is 30.0 Å². The number of ketones is 1. The number of benzene rings is 3. The van der Waals surface area contributed by atoms with E-state index in [0.29, 0.717) is 0 Å².